The molecule has 1 saturated carbocycles. The molecule has 17 nitrogen and oxygen atoms in total. The predicted octanol–water partition coefficient (Wildman–Crippen LogP) is 13.6. The van der Waals surface area contributed by atoms with Gasteiger partial charge < -0.3 is 29.4 Å². The van der Waals surface area contributed by atoms with E-state index in [4.69, 9.17) is 13.8 Å². The van der Waals surface area contributed by atoms with Gasteiger partial charge in [0.2, 0.25) is 10.0 Å². The van der Waals surface area contributed by atoms with E-state index in [1.165, 1.54) is 75.7 Å². The molecular formula is C67H52F4N10O7S2. The van der Waals surface area contributed by atoms with Gasteiger partial charge in [-0.05, 0) is 135 Å². The molecule has 1 atom stereocenters. The summed E-state index contributed by atoms with van der Waals surface area (Å²) >= 11 is 0. The molecule has 1 unspecified atom stereocenters. The van der Waals surface area contributed by atoms with Crippen molar-refractivity contribution in [3.63, 3.8) is 0 Å². The van der Waals surface area contributed by atoms with Crippen LogP contribution in [0.5, 0.6) is 0 Å². The van der Waals surface area contributed by atoms with Gasteiger partial charge in [0, 0.05) is 95.8 Å². The number of furan rings is 2. The first kappa shape index (κ1) is 57.4. The van der Waals surface area contributed by atoms with Crippen LogP contribution < -0.4 is 24.6 Å². The zero-order valence-electron chi connectivity index (χ0n) is 48.9. The van der Waals surface area contributed by atoms with E-state index in [2.05, 4.69) is 30.5 Å². The summed E-state index contributed by atoms with van der Waals surface area (Å²) in [6, 6.07) is 37.2. The van der Waals surface area contributed by atoms with Gasteiger partial charge in [0.05, 0.1) is 79.8 Å². The lowest BCUT2D eigenvalue weighted by atomic mass is 9.82. The monoisotopic (exact) mass is 1250 g/mol. The lowest BCUT2D eigenvalue weighted by molar-refractivity contribution is 0.0956. The lowest BCUT2D eigenvalue weighted by Gasteiger charge is -2.48. The van der Waals surface area contributed by atoms with E-state index in [1.807, 2.05) is 30.3 Å². The first-order chi connectivity index (χ1) is 43.2. The van der Waals surface area contributed by atoms with Crippen molar-refractivity contribution in [1.29, 1.82) is 0 Å². The second kappa shape index (κ2) is 21.4. The highest BCUT2D eigenvalue weighted by Crippen LogP contribution is 2.52. The molecule has 2 aliphatic rings. The fourth-order valence-electron chi connectivity index (χ4n) is 12.3. The van der Waals surface area contributed by atoms with Crippen molar-refractivity contribution in [2.75, 3.05) is 54.6 Å². The Morgan fingerprint density at radius 1 is 0.656 bits per heavy atom. The average molecular weight is 1250 g/mol. The highest BCUT2D eigenvalue weighted by atomic mass is 32.2. The SMILES string of the molecule is CNC(=O)c1c(-c2ccc(F)cc2)oc2cc(N(C)S(C)(=O)=O)c(-c3cc4c(cn3)ncn3c5cccc(F)c5cc43)cc12.CNC(=O)c1c(-c2ccc(F)cc2)oc2cc(N(C)S(C)=O)c(-c3ccc4c(n3)-c3cc5c(F)cccc5n3C3(CCC3)N4)cc12. The van der Waals surface area contributed by atoms with E-state index in [0.717, 1.165) is 46.7 Å². The third-order valence-corrected chi connectivity index (χ3v) is 19.2. The van der Waals surface area contributed by atoms with Crippen LogP contribution in [0, 0.1) is 23.3 Å². The molecular weight excluding hydrogens is 1200 g/mol. The molecule has 13 aromatic rings. The molecule has 1 aliphatic heterocycles. The maximum atomic E-state index is 15.1. The number of anilines is 3. The molecule has 0 saturated heterocycles. The number of amides is 2. The number of benzene rings is 6. The van der Waals surface area contributed by atoms with Gasteiger partial charge in [0.15, 0.2) is 0 Å². The summed E-state index contributed by atoms with van der Waals surface area (Å²) in [4.78, 5) is 40.8. The number of aromatic nitrogens is 5. The van der Waals surface area contributed by atoms with Crippen LogP contribution in [-0.2, 0) is 26.7 Å². The predicted molar refractivity (Wildman–Crippen MR) is 342 cm³/mol. The van der Waals surface area contributed by atoms with Crippen LogP contribution in [0.3, 0.4) is 0 Å². The molecule has 1 fully saturated rings. The Labute approximate surface area is 513 Å². The number of carbonyl (C=O) groups excluding carboxylic acids is 2. The summed E-state index contributed by atoms with van der Waals surface area (Å²) in [5, 5.41) is 11.6. The Hall–Kier alpha value is -10.4. The summed E-state index contributed by atoms with van der Waals surface area (Å²) in [6.07, 6.45) is 8.70. The first-order valence-electron chi connectivity index (χ1n) is 28.4. The van der Waals surface area contributed by atoms with Crippen molar-refractivity contribution < 1.29 is 48.6 Å². The van der Waals surface area contributed by atoms with Crippen molar-refractivity contribution >= 4 is 110 Å². The highest BCUT2D eigenvalue weighted by molar-refractivity contribution is 7.92. The summed E-state index contributed by atoms with van der Waals surface area (Å²) in [5.74, 6) is -1.84. The minimum atomic E-state index is -3.75. The van der Waals surface area contributed by atoms with Crippen LogP contribution in [-0.4, -0.2) is 89.1 Å². The minimum absolute atomic E-state index is 0.196. The van der Waals surface area contributed by atoms with E-state index in [-0.39, 0.29) is 51.6 Å². The van der Waals surface area contributed by atoms with Gasteiger partial charge >= 0.3 is 0 Å². The zero-order chi connectivity index (χ0) is 62.8. The molecule has 1 aliphatic carbocycles. The van der Waals surface area contributed by atoms with Crippen LogP contribution in [0.15, 0.2) is 161 Å². The van der Waals surface area contributed by atoms with Crippen molar-refractivity contribution in [2.45, 2.75) is 24.9 Å². The van der Waals surface area contributed by atoms with Gasteiger partial charge in [-0.15, -0.1) is 0 Å². The van der Waals surface area contributed by atoms with Crippen LogP contribution in [0.25, 0.3) is 117 Å². The second-order valence-corrected chi connectivity index (χ2v) is 25.6. The smallest absolute Gasteiger partial charge is 0.255 e. The number of nitrogens with one attached hydrogen (secondary N) is 3. The number of hydrogen-bond acceptors (Lipinski definition) is 11. The van der Waals surface area contributed by atoms with E-state index in [0.29, 0.717) is 99.7 Å². The van der Waals surface area contributed by atoms with Crippen LogP contribution in [0.1, 0.15) is 40.0 Å². The number of fused-ring (bicyclic) bond motifs is 13. The Bertz CT molecular complexity index is 5330. The number of carbonyl (C=O) groups is 2. The van der Waals surface area contributed by atoms with Crippen LogP contribution in [0.4, 0.5) is 34.6 Å². The molecule has 15 rings (SSSR count). The average Bonchev–Trinajstić information content (AvgIpc) is 1.48. The number of sulfonamides is 1. The molecule has 0 radical (unpaired) electrons. The Balaban J connectivity index is 0.000000157. The Morgan fingerprint density at radius 3 is 1.78 bits per heavy atom. The Morgan fingerprint density at radius 2 is 1.22 bits per heavy atom. The molecule has 6 aromatic carbocycles. The minimum Gasteiger partial charge on any atom is -0.455 e. The van der Waals surface area contributed by atoms with Crippen molar-refractivity contribution in [3.05, 3.63) is 186 Å². The largest absolute Gasteiger partial charge is 0.455 e. The van der Waals surface area contributed by atoms with Crippen molar-refractivity contribution in [3.8, 4) is 56.6 Å². The number of halogens is 4. The quantitative estimate of drug-likeness (QED) is 0.110. The fourth-order valence-corrected chi connectivity index (χ4v) is 13.2. The van der Waals surface area contributed by atoms with E-state index in [9.17, 15) is 35.4 Å². The number of hydrogen-bond donors (Lipinski definition) is 3. The van der Waals surface area contributed by atoms with E-state index >= 15 is 4.39 Å². The maximum absolute atomic E-state index is 15.1. The topological polar surface area (TPSA) is 202 Å². The maximum Gasteiger partial charge on any atom is 0.255 e. The third-order valence-electron chi connectivity index (χ3n) is 17.1. The molecule has 8 heterocycles. The summed E-state index contributed by atoms with van der Waals surface area (Å²) in [7, 11) is 0.983. The lowest BCUT2D eigenvalue weighted by Crippen LogP contribution is -2.49. The van der Waals surface area contributed by atoms with E-state index in [1.54, 1.807) is 89.1 Å². The van der Waals surface area contributed by atoms with Gasteiger partial charge in [-0.25, -0.2) is 40.2 Å². The first-order valence-corrected chi connectivity index (χ1v) is 31.7. The van der Waals surface area contributed by atoms with Crippen molar-refractivity contribution in [1.82, 2.24) is 34.6 Å². The molecule has 90 heavy (non-hydrogen) atoms. The molecule has 2 amide bonds. The fraction of sp³-hybridized carbons (Fsp3) is 0.149. The summed E-state index contributed by atoms with van der Waals surface area (Å²) in [5.41, 5.74) is 9.63. The molecule has 3 N–H and O–H groups in total. The second-order valence-electron chi connectivity index (χ2n) is 22.2. The molecule has 452 valence electrons. The van der Waals surface area contributed by atoms with Gasteiger partial charge in [0.1, 0.15) is 74.6 Å². The number of nitrogens with zero attached hydrogens (tertiary/aromatic N) is 7. The molecule has 1 spiro atoms. The van der Waals surface area contributed by atoms with Crippen LogP contribution in [0.2, 0.25) is 0 Å². The van der Waals surface area contributed by atoms with Gasteiger partial charge in [-0.1, -0.05) is 12.1 Å². The van der Waals surface area contributed by atoms with Gasteiger partial charge in [-0.3, -0.25) is 27.6 Å². The summed E-state index contributed by atoms with van der Waals surface area (Å²) < 4.78 is 115. The zero-order valence-corrected chi connectivity index (χ0v) is 50.5. The van der Waals surface area contributed by atoms with Gasteiger partial charge in [-0.2, -0.15) is 0 Å². The third kappa shape index (κ3) is 9.27. The molecule has 23 heteroatoms. The molecule has 7 aromatic heterocycles. The number of pyridine rings is 2. The van der Waals surface area contributed by atoms with Crippen LogP contribution >= 0.6 is 0 Å². The standard InChI is InChI=1S/C35H29F2N5O3S.C32H23F2N5O4S/c1-38-34(43)31-23-16-22(28(41(2)46(3)44)18-30(23)45-33(31)19-8-10-20(36)11-9-19)25-12-13-26-32(39-25)29-17-21-24(37)6-4-7-27(21)42(29)35(40-26)14-5-15-35;1-35-32(40)30-22-11-20(27(38(2)44(3,41)42)14-29(22)43-31(30)17-7-9-18(33)10-8-17)24-12-21-25(15-36-24)37-16-39-26-6-4-5-23(34)19(26)13-28(21)39/h4,6-13,16-18,40H,5,14-15H2,1-3H3,(H,38,43);4-16H,1-3H3,(H,35,40). The molecule has 0 bridgehead atoms. The highest BCUT2D eigenvalue weighted by Gasteiger charge is 2.45. The van der Waals surface area contributed by atoms with Gasteiger partial charge in [0.25, 0.3) is 11.8 Å². The number of rotatable bonds is 10. The normalized spacial score (nSPS) is 13.7. The van der Waals surface area contributed by atoms with Crippen molar-refractivity contribution in [2.24, 2.45) is 0 Å². The Kier molecular flexibility index (Phi) is 13.7. The van der Waals surface area contributed by atoms with E-state index < -0.39 is 38.6 Å². The summed E-state index contributed by atoms with van der Waals surface area (Å²) in [6.45, 7) is 0.